The normalized spacial score (nSPS) is 18.1. The summed E-state index contributed by atoms with van der Waals surface area (Å²) in [6.45, 7) is 8.58. The number of β-amino-alcohol motifs (C(OH)–C–C–N with tert-alkyl or cyclic N) is 1. The van der Waals surface area contributed by atoms with Gasteiger partial charge in [-0.25, -0.2) is 0 Å². The maximum Gasteiger partial charge on any atom is 0.230 e. The van der Waals surface area contributed by atoms with Crippen LogP contribution < -0.4 is 5.73 Å². The van der Waals surface area contributed by atoms with Crippen LogP contribution in [-0.4, -0.2) is 66.7 Å². The largest absolute Gasteiger partial charge is 0.395 e. The maximum atomic E-state index is 12.6. The fraction of sp³-hybridized carbons (Fsp3) is 0.923. The molecule has 18 heavy (non-hydrogen) atoms. The van der Waals surface area contributed by atoms with Crippen LogP contribution in [0.3, 0.4) is 0 Å². The Morgan fingerprint density at radius 1 is 1.22 bits per heavy atom. The summed E-state index contributed by atoms with van der Waals surface area (Å²) in [5.74, 6) is 0.207. The van der Waals surface area contributed by atoms with E-state index in [0.29, 0.717) is 13.1 Å². The van der Waals surface area contributed by atoms with Crippen LogP contribution in [0.25, 0.3) is 0 Å². The van der Waals surface area contributed by atoms with E-state index in [9.17, 15) is 4.79 Å². The van der Waals surface area contributed by atoms with Crippen LogP contribution in [0.4, 0.5) is 0 Å². The molecule has 1 heterocycles. The molecule has 1 saturated heterocycles. The smallest absolute Gasteiger partial charge is 0.230 e. The van der Waals surface area contributed by atoms with Crippen molar-refractivity contribution in [1.82, 2.24) is 9.80 Å². The van der Waals surface area contributed by atoms with Crippen LogP contribution >= 0.6 is 0 Å². The molecule has 0 aromatic rings. The van der Waals surface area contributed by atoms with Crippen molar-refractivity contribution in [3.05, 3.63) is 0 Å². The van der Waals surface area contributed by atoms with Crippen LogP contribution in [0, 0.1) is 5.41 Å². The Balaban J connectivity index is 2.58. The first-order chi connectivity index (χ1) is 8.63. The summed E-state index contributed by atoms with van der Waals surface area (Å²) in [5, 5.41) is 8.90. The van der Waals surface area contributed by atoms with E-state index in [1.807, 2.05) is 18.7 Å². The first-order valence-corrected chi connectivity index (χ1v) is 6.96. The van der Waals surface area contributed by atoms with E-state index >= 15 is 0 Å². The van der Waals surface area contributed by atoms with Gasteiger partial charge in [0.25, 0.3) is 0 Å². The highest BCUT2D eigenvalue weighted by molar-refractivity contribution is 5.83. The summed E-state index contributed by atoms with van der Waals surface area (Å²) in [6.07, 6.45) is 1.60. The van der Waals surface area contributed by atoms with Crippen molar-refractivity contribution in [1.29, 1.82) is 0 Å². The van der Waals surface area contributed by atoms with Gasteiger partial charge in [0.05, 0.1) is 12.0 Å². The molecule has 1 aliphatic rings. The van der Waals surface area contributed by atoms with Crippen molar-refractivity contribution in [2.45, 2.75) is 26.7 Å². The lowest BCUT2D eigenvalue weighted by Crippen LogP contribution is -2.55. The molecule has 1 fully saturated rings. The molecule has 1 aliphatic heterocycles. The van der Waals surface area contributed by atoms with Crippen LogP contribution in [0.15, 0.2) is 0 Å². The van der Waals surface area contributed by atoms with E-state index in [4.69, 9.17) is 10.8 Å². The number of nitrogens with zero attached hydrogens (tertiary/aromatic N) is 2. The van der Waals surface area contributed by atoms with Gasteiger partial charge in [-0.2, -0.15) is 0 Å². The Morgan fingerprint density at radius 2 is 1.78 bits per heavy atom. The third-order valence-corrected chi connectivity index (χ3v) is 4.27. The molecule has 1 amide bonds. The van der Waals surface area contributed by atoms with Gasteiger partial charge in [-0.05, 0) is 12.8 Å². The molecular weight excluding hydrogens is 230 g/mol. The zero-order valence-corrected chi connectivity index (χ0v) is 11.7. The number of carbonyl (C=O) groups excluding carboxylic acids is 1. The Morgan fingerprint density at radius 3 is 2.17 bits per heavy atom. The molecule has 0 aliphatic carbocycles. The second-order valence-electron chi connectivity index (χ2n) is 5.05. The van der Waals surface area contributed by atoms with Gasteiger partial charge in [0.2, 0.25) is 5.91 Å². The lowest BCUT2D eigenvalue weighted by atomic mass is 9.81. The first kappa shape index (κ1) is 15.4. The van der Waals surface area contributed by atoms with Gasteiger partial charge in [0.15, 0.2) is 0 Å². The Labute approximate surface area is 110 Å². The van der Waals surface area contributed by atoms with Crippen molar-refractivity contribution < 1.29 is 9.90 Å². The van der Waals surface area contributed by atoms with E-state index in [0.717, 1.165) is 39.0 Å². The topological polar surface area (TPSA) is 69.8 Å². The summed E-state index contributed by atoms with van der Waals surface area (Å²) < 4.78 is 0. The molecule has 0 bridgehead atoms. The van der Waals surface area contributed by atoms with Gasteiger partial charge >= 0.3 is 0 Å². The number of hydrogen-bond donors (Lipinski definition) is 2. The van der Waals surface area contributed by atoms with Crippen molar-refractivity contribution in [3.8, 4) is 0 Å². The van der Waals surface area contributed by atoms with E-state index in [2.05, 4.69) is 4.90 Å². The monoisotopic (exact) mass is 257 g/mol. The molecule has 0 aromatic carbocycles. The standard InChI is InChI=1S/C13H27N3O2/c1-3-13(4-2,11-14)12(18)16-7-5-15(6-8-16)9-10-17/h17H,3-11,14H2,1-2H3. The van der Waals surface area contributed by atoms with Crippen molar-refractivity contribution in [2.75, 3.05) is 45.9 Å². The third-order valence-electron chi connectivity index (χ3n) is 4.27. The minimum Gasteiger partial charge on any atom is -0.395 e. The Bertz CT molecular complexity index is 251. The van der Waals surface area contributed by atoms with Gasteiger partial charge in [-0.1, -0.05) is 13.8 Å². The highest BCUT2D eigenvalue weighted by atomic mass is 16.3. The van der Waals surface area contributed by atoms with Crippen molar-refractivity contribution >= 4 is 5.91 Å². The zero-order valence-electron chi connectivity index (χ0n) is 11.7. The lowest BCUT2D eigenvalue weighted by molar-refractivity contribution is -0.144. The SMILES string of the molecule is CCC(CC)(CN)C(=O)N1CCN(CCO)CC1. The van der Waals surface area contributed by atoms with E-state index < -0.39 is 0 Å². The predicted octanol–water partition coefficient (Wildman–Crippen LogP) is -0.112. The molecule has 5 nitrogen and oxygen atoms in total. The first-order valence-electron chi connectivity index (χ1n) is 6.96. The Kier molecular flexibility index (Phi) is 6.05. The molecule has 0 atom stereocenters. The van der Waals surface area contributed by atoms with Gasteiger partial charge in [0.1, 0.15) is 0 Å². The van der Waals surface area contributed by atoms with Gasteiger partial charge in [0, 0.05) is 39.3 Å². The second-order valence-corrected chi connectivity index (χ2v) is 5.05. The molecule has 5 heteroatoms. The fourth-order valence-electron chi connectivity index (χ4n) is 2.58. The molecule has 106 valence electrons. The summed E-state index contributed by atoms with van der Waals surface area (Å²) in [4.78, 5) is 16.7. The number of nitrogens with two attached hydrogens (primary N) is 1. The molecule has 0 spiro atoms. The molecule has 0 unspecified atom stereocenters. The van der Waals surface area contributed by atoms with Crippen LogP contribution in [0.2, 0.25) is 0 Å². The number of carbonyl (C=O) groups is 1. The molecular formula is C13H27N3O2. The summed E-state index contributed by atoms with van der Waals surface area (Å²) in [6, 6.07) is 0. The van der Waals surface area contributed by atoms with Gasteiger partial charge in [-0.15, -0.1) is 0 Å². The fourth-order valence-corrected chi connectivity index (χ4v) is 2.58. The lowest BCUT2D eigenvalue weighted by Gasteiger charge is -2.40. The predicted molar refractivity (Wildman–Crippen MR) is 72.2 cm³/mol. The number of rotatable bonds is 6. The van der Waals surface area contributed by atoms with Crippen LogP contribution in [0.5, 0.6) is 0 Å². The molecule has 0 saturated carbocycles. The number of hydrogen-bond acceptors (Lipinski definition) is 4. The van der Waals surface area contributed by atoms with E-state index in [-0.39, 0.29) is 17.9 Å². The highest BCUT2D eigenvalue weighted by Crippen LogP contribution is 2.28. The number of piperazine rings is 1. The Hall–Kier alpha value is -0.650. The van der Waals surface area contributed by atoms with Crippen LogP contribution in [-0.2, 0) is 4.79 Å². The average molecular weight is 257 g/mol. The summed E-state index contributed by atoms with van der Waals surface area (Å²) >= 11 is 0. The molecule has 3 N–H and O–H groups in total. The third kappa shape index (κ3) is 3.22. The molecule has 0 radical (unpaired) electrons. The minimum absolute atomic E-state index is 0.185. The van der Waals surface area contributed by atoms with Gasteiger partial charge < -0.3 is 15.7 Å². The highest BCUT2D eigenvalue weighted by Gasteiger charge is 2.37. The average Bonchev–Trinajstić information content (AvgIpc) is 2.42. The van der Waals surface area contributed by atoms with Gasteiger partial charge in [-0.3, -0.25) is 9.69 Å². The van der Waals surface area contributed by atoms with E-state index in [1.165, 1.54) is 0 Å². The van der Waals surface area contributed by atoms with Crippen LogP contribution in [0.1, 0.15) is 26.7 Å². The van der Waals surface area contributed by atoms with E-state index in [1.54, 1.807) is 0 Å². The minimum atomic E-state index is -0.376. The summed E-state index contributed by atoms with van der Waals surface area (Å²) in [7, 11) is 0. The quantitative estimate of drug-likeness (QED) is 0.696. The van der Waals surface area contributed by atoms with Crippen molar-refractivity contribution in [2.24, 2.45) is 11.1 Å². The number of aliphatic hydroxyl groups excluding tert-OH is 1. The number of aliphatic hydroxyl groups is 1. The summed E-state index contributed by atoms with van der Waals surface area (Å²) in [5.41, 5.74) is 5.44. The van der Waals surface area contributed by atoms with Crippen molar-refractivity contribution in [3.63, 3.8) is 0 Å². The molecule has 1 rings (SSSR count). The maximum absolute atomic E-state index is 12.6. The number of amides is 1. The second kappa shape index (κ2) is 7.07. The zero-order chi connectivity index (χ0) is 13.6. The molecule has 0 aromatic heterocycles.